The number of nitrogens with two attached hydrogens (primary N) is 1. The zero-order valence-electron chi connectivity index (χ0n) is 30.1. The predicted molar refractivity (Wildman–Crippen MR) is 191 cm³/mol. The van der Waals surface area contributed by atoms with Gasteiger partial charge in [0.2, 0.25) is 0 Å². The van der Waals surface area contributed by atoms with E-state index in [-0.39, 0.29) is 24.2 Å². The first kappa shape index (κ1) is 43.7. The van der Waals surface area contributed by atoms with Crippen LogP contribution in [-0.4, -0.2) is 102 Å². The Morgan fingerprint density at radius 3 is 1.59 bits per heavy atom. The number of unbranched alkanes of at least 4 members (excludes halogenated alkanes) is 15. The molecule has 0 aromatic carbocycles. The minimum absolute atomic E-state index is 0.265. The van der Waals surface area contributed by atoms with Gasteiger partial charge in [-0.05, 0) is 25.2 Å². The van der Waals surface area contributed by atoms with Crippen LogP contribution < -0.4 is 11.1 Å². The van der Waals surface area contributed by atoms with E-state index in [1.807, 2.05) is 6.92 Å². The van der Waals surface area contributed by atoms with E-state index >= 15 is 0 Å². The molecule has 0 rings (SSSR count). The van der Waals surface area contributed by atoms with Crippen molar-refractivity contribution in [2.75, 3.05) is 58.9 Å². The van der Waals surface area contributed by atoms with Crippen molar-refractivity contribution in [3.05, 3.63) is 0 Å². The summed E-state index contributed by atoms with van der Waals surface area (Å²) in [5.74, 6) is 0.265. The van der Waals surface area contributed by atoms with Crippen LogP contribution in [0.15, 0.2) is 0 Å². The van der Waals surface area contributed by atoms with Gasteiger partial charge < -0.3 is 26.4 Å². The largest absolute Gasteiger partial charge is 0.392 e. The second kappa shape index (κ2) is 32.7. The fourth-order valence-corrected chi connectivity index (χ4v) is 6.03. The van der Waals surface area contributed by atoms with Crippen molar-refractivity contribution in [3.63, 3.8) is 0 Å². The van der Waals surface area contributed by atoms with Gasteiger partial charge >= 0.3 is 0 Å². The molecule has 266 valence electrons. The third kappa shape index (κ3) is 28.0. The number of hydrogen-bond acceptors (Lipinski definition) is 7. The van der Waals surface area contributed by atoms with Crippen molar-refractivity contribution < 1.29 is 15.3 Å². The fourth-order valence-electron chi connectivity index (χ4n) is 6.03. The van der Waals surface area contributed by atoms with Crippen molar-refractivity contribution in [3.8, 4) is 0 Å². The number of aliphatic hydroxyl groups excluding tert-OH is 3. The minimum atomic E-state index is -0.375. The summed E-state index contributed by atoms with van der Waals surface area (Å²) in [7, 11) is 0. The molecule has 0 saturated carbocycles. The van der Waals surface area contributed by atoms with Gasteiger partial charge in [0.05, 0.1) is 18.3 Å². The first-order chi connectivity index (χ1) is 21.4. The molecule has 0 aliphatic rings. The monoisotopic (exact) mass is 629 g/mol. The van der Waals surface area contributed by atoms with Crippen molar-refractivity contribution in [2.45, 2.75) is 174 Å². The Morgan fingerprint density at radius 2 is 1.07 bits per heavy atom. The van der Waals surface area contributed by atoms with Gasteiger partial charge in [0, 0.05) is 58.9 Å². The number of nitrogens with one attached hydrogen (secondary N) is 1. The molecule has 0 amide bonds. The Kier molecular flexibility index (Phi) is 32.4. The molecule has 0 fully saturated rings. The molecule has 0 aromatic rings. The highest BCUT2D eigenvalue weighted by atomic mass is 16.3. The number of aliphatic hydroxyl groups is 3. The van der Waals surface area contributed by atoms with E-state index in [2.05, 4.69) is 35.9 Å². The molecule has 7 nitrogen and oxygen atoms in total. The van der Waals surface area contributed by atoms with Crippen LogP contribution in [0.3, 0.4) is 0 Å². The fraction of sp³-hybridized carbons (Fsp3) is 1.00. The molecule has 4 unspecified atom stereocenters. The SMILES string of the molecule is CCCCCCCCCCCC(O)CN(CCN(CCN)CCNCC(O)CC)CC(O)C(C)CCCCCCCCCC. The van der Waals surface area contributed by atoms with Gasteiger partial charge in [0.25, 0.3) is 0 Å². The zero-order chi connectivity index (χ0) is 32.7. The maximum absolute atomic E-state index is 11.2. The van der Waals surface area contributed by atoms with Crippen LogP contribution >= 0.6 is 0 Å². The van der Waals surface area contributed by atoms with E-state index in [0.717, 1.165) is 58.4 Å². The molecule has 44 heavy (non-hydrogen) atoms. The highest BCUT2D eigenvalue weighted by Crippen LogP contribution is 2.17. The average Bonchev–Trinajstić information content (AvgIpc) is 3.01. The summed E-state index contributed by atoms with van der Waals surface area (Å²) in [5.41, 5.74) is 5.93. The molecule has 0 aromatic heterocycles. The lowest BCUT2D eigenvalue weighted by atomic mass is 9.96. The summed E-state index contributed by atoms with van der Waals surface area (Å²) in [4.78, 5) is 4.66. The third-order valence-corrected chi connectivity index (χ3v) is 9.36. The minimum Gasteiger partial charge on any atom is -0.392 e. The third-order valence-electron chi connectivity index (χ3n) is 9.36. The van der Waals surface area contributed by atoms with Crippen LogP contribution in [-0.2, 0) is 0 Å². The lowest BCUT2D eigenvalue weighted by Crippen LogP contribution is -2.46. The smallest absolute Gasteiger partial charge is 0.0692 e. The standard InChI is InChI=1S/C37H80N4O3/c1-5-8-10-12-14-16-18-20-22-24-36(43)32-41(30-29-40(27-25-38)28-26-39-31-35(42)7-3)33-37(44)34(4)23-21-19-17-15-13-11-9-6-2/h34-37,39,42-44H,5-33,38H2,1-4H3. The van der Waals surface area contributed by atoms with Gasteiger partial charge in [-0.1, -0.05) is 137 Å². The molecule has 4 atom stereocenters. The first-order valence-electron chi connectivity index (χ1n) is 19.3. The van der Waals surface area contributed by atoms with Gasteiger partial charge in [-0.3, -0.25) is 9.80 Å². The van der Waals surface area contributed by atoms with E-state index in [1.54, 1.807) is 0 Å². The van der Waals surface area contributed by atoms with Crippen LogP contribution in [0.2, 0.25) is 0 Å². The van der Waals surface area contributed by atoms with E-state index in [9.17, 15) is 15.3 Å². The van der Waals surface area contributed by atoms with Gasteiger partial charge in [0.15, 0.2) is 0 Å². The summed E-state index contributed by atoms with van der Waals surface area (Å²) in [6.07, 6.45) is 23.8. The summed E-state index contributed by atoms with van der Waals surface area (Å²) < 4.78 is 0. The van der Waals surface area contributed by atoms with Gasteiger partial charge in [-0.2, -0.15) is 0 Å². The van der Waals surface area contributed by atoms with E-state index < -0.39 is 0 Å². The molecule has 0 heterocycles. The van der Waals surface area contributed by atoms with Crippen molar-refractivity contribution in [1.29, 1.82) is 0 Å². The molecule has 0 saturated heterocycles. The van der Waals surface area contributed by atoms with Gasteiger partial charge in [0.1, 0.15) is 0 Å². The first-order valence-corrected chi connectivity index (χ1v) is 19.3. The van der Waals surface area contributed by atoms with E-state index in [4.69, 9.17) is 5.73 Å². The van der Waals surface area contributed by atoms with Crippen molar-refractivity contribution >= 4 is 0 Å². The van der Waals surface area contributed by atoms with Crippen LogP contribution in [0, 0.1) is 5.92 Å². The lowest BCUT2D eigenvalue weighted by molar-refractivity contribution is 0.0355. The number of rotatable bonds is 35. The topological polar surface area (TPSA) is 105 Å². The van der Waals surface area contributed by atoms with Crippen LogP contribution in [0.1, 0.15) is 156 Å². The maximum Gasteiger partial charge on any atom is 0.0692 e. The summed E-state index contributed by atoms with van der Waals surface area (Å²) >= 11 is 0. The highest BCUT2D eigenvalue weighted by molar-refractivity contribution is 4.75. The Labute approximate surface area is 275 Å². The summed E-state index contributed by atoms with van der Waals surface area (Å²) in [6, 6.07) is 0. The quantitative estimate of drug-likeness (QED) is 0.0497. The van der Waals surface area contributed by atoms with Gasteiger partial charge in [-0.25, -0.2) is 0 Å². The van der Waals surface area contributed by atoms with Crippen molar-refractivity contribution in [2.24, 2.45) is 11.7 Å². The second-order valence-corrected chi connectivity index (χ2v) is 13.7. The second-order valence-electron chi connectivity index (χ2n) is 13.7. The molecule has 6 N–H and O–H groups in total. The molecule has 0 aliphatic carbocycles. The average molecular weight is 629 g/mol. The van der Waals surface area contributed by atoms with Gasteiger partial charge in [-0.15, -0.1) is 0 Å². The Hall–Kier alpha value is -0.280. The lowest BCUT2D eigenvalue weighted by Gasteiger charge is -2.32. The molecule has 0 spiro atoms. The molecular formula is C37H80N4O3. The summed E-state index contributed by atoms with van der Waals surface area (Å²) in [5, 5.41) is 35.3. The van der Waals surface area contributed by atoms with Crippen molar-refractivity contribution in [1.82, 2.24) is 15.1 Å². The Balaban J connectivity index is 4.73. The van der Waals surface area contributed by atoms with E-state index in [1.165, 1.54) is 103 Å². The Morgan fingerprint density at radius 1 is 0.568 bits per heavy atom. The number of nitrogens with zero attached hydrogens (tertiary/aromatic N) is 2. The predicted octanol–water partition coefficient (Wildman–Crippen LogP) is 6.72. The molecule has 7 heteroatoms. The molecule has 0 aliphatic heterocycles. The molecule has 0 radical (unpaired) electrons. The Bertz CT molecular complexity index is 571. The van der Waals surface area contributed by atoms with Crippen LogP contribution in [0.5, 0.6) is 0 Å². The summed E-state index contributed by atoms with van der Waals surface area (Å²) in [6.45, 7) is 15.4. The van der Waals surface area contributed by atoms with Crippen LogP contribution in [0.4, 0.5) is 0 Å². The normalized spacial score (nSPS) is 14.9. The van der Waals surface area contributed by atoms with E-state index in [0.29, 0.717) is 26.2 Å². The molecular weight excluding hydrogens is 548 g/mol. The zero-order valence-corrected chi connectivity index (χ0v) is 30.1. The maximum atomic E-state index is 11.2. The van der Waals surface area contributed by atoms with Crippen LogP contribution in [0.25, 0.3) is 0 Å². The highest BCUT2D eigenvalue weighted by Gasteiger charge is 2.21. The number of hydrogen-bond donors (Lipinski definition) is 5. The molecule has 0 bridgehead atoms.